The maximum Gasteiger partial charge on any atom is 0.338 e. The highest BCUT2D eigenvalue weighted by Gasteiger charge is 2.22. The lowest BCUT2D eigenvalue weighted by Gasteiger charge is -2.12. The Morgan fingerprint density at radius 1 is 0.771 bits per heavy atom. The van der Waals surface area contributed by atoms with Crippen LogP contribution in [0.25, 0.3) is 43.7 Å². The molecule has 0 saturated heterocycles. The number of hydrogen-bond acceptors (Lipinski definition) is 3. The Morgan fingerprint density at radius 3 is 2.34 bits per heavy atom. The van der Waals surface area contributed by atoms with E-state index >= 15 is 0 Å². The molecule has 0 saturated carbocycles. The minimum absolute atomic E-state index is 0.138. The Morgan fingerprint density at radius 2 is 1.51 bits per heavy atom. The van der Waals surface area contributed by atoms with Gasteiger partial charge in [-0.05, 0) is 51.7 Å². The standard InChI is InChI=1S/C31H23NO3/c1-35-31(34)25-15-8-16-26-29(25)30-27(17-23(18-28(30)33)20-9-3-2-4-10-20)32(26)19-22-13-7-12-21-11-5-6-14-24(21)22/h2-18,33H,19H2,1H3. The number of methoxy groups -OCH3 is 1. The van der Waals surface area contributed by atoms with Crippen LogP contribution in [0, 0.1) is 0 Å². The first-order chi connectivity index (χ1) is 17.2. The van der Waals surface area contributed by atoms with Crippen molar-refractivity contribution in [1.82, 2.24) is 4.57 Å². The van der Waals surface area contributed by atoms with E-state index in [9.17, 15) is 9.90 Å². The van der Waals surface area contributed by atoms with Gasteiger partial charge in [0.05, 0.1) is 29.1 Å². The predicted octanol–water partition coefficient (Wildman–Crippen LogP) is 7.16. The Bertz CT molecular complexity index is 1730. The summed E-state index contributed by atoms with van der Waals surface area (Å²) in [6.45, 7) is 0.587. The van der Waals surface area contributed by atoms with E-state index in [4.69, 9.17) is 4.74 Å². The molecule has 170 valence electrons. The number of benzene rings is 5. The molecule has 0 radical (unpaired) electrons. The summed E-state index contributed by atoms with van der Waals surface area (Å²) in [6.07, 6.45) is 0. The van der Waals surface area contributed by atoms with Crippen LogP contribution in [0.3, 0.4) is 0 Å². The summed E-state index contributed by atoms with van der Waals surface area (Å²) in [5, 5.41) is 15.0. The van der Waals surface area contributed by atoms with Gasteiger partial charge in [-0.3, -0.25) is 0 Å². The van der Waals surface area contributed by atoms with Gasteiger partial charge in [-0.2, -0.15) is 0 Å². The molecule has 6 aromatic rings. The predicted molar refractivity (Wildman–Crippen MR) is 141 cm³/mol. The molecule has 0 bridgehead atoms. The second-order valence-electron chi connectivity index (χ2n) is 8.67. The zero-order valence-corrected chi connectivity index (χ0v) is 19.2. The normalized spacial score (nSPS) is 11.3. The van der Waals surface area contributed by atoms with E-state index in [1.807, 2.05) is 54.6 Å². The summed E-state index contributed by atoms with van der Waals surface area (Å²) in [4.78, 5) is 12.7. The Kier molecular flexibility index (Phi) is 5.00. The van der Waals surface area contributed by atoms with Crippen LogP contribution in [-0.2, 0) is 11.3 Å². The molecule has 1 N–H and O–H groups in total. The van der Waals surface area contributed by atoms with Crippen molar-refractivity contribution in [3.8, 4) is 16.9 Å². The van der Waals surface area contributed by atoms with E-state index < -0.39 is 5.97 Å². The highest BCUT2D eigenvalue weighted by Crippen LogP contribution is 2.41. The molecule has 1 heterocycles. The zero-order valence-electron chi connectivity index (χ0n) is 19.2. The Hall–Kier alpha value is -4.57. The number of esters is 1. The summed E-state index contributed by atoms with van der Waals surface area (Å²) in [5.74, 6) is -0.286. The molecule has 0 fully saturated rings. The first-order valence-corrected chi connectivity index (χ1v) is 11.5. The summed E-state index contributed by atoms with van der Waals surface area (Å²) in [5.41, 5.74) is 5.26. The quantitative estimate of drug-likeness (QED) is 0.286. The van der Waals surface area contributed by atoms with Crippen molar-refractivity contribution in [3.63, 3.8) is 0 Å². The minimum Gasteiger partial charge on any atom is -0.507 e. The lowest BCUT2D eigenvalue weighted by atomic mass is 10.0. The molecule has 4 nitrogen and oxygen atoms in total. The minimum atomic E-state index is -0.425. The number of phenols is 1. The first-order valence-electron chi connectivity index (χ1n) is 11.5. The van der Waals surface area contributed by atoms with Crippen LogP contribution in [-0.4, -0.2) is 22.8 Å². The third-order valence-corrected chi connectivity index (χ3v) is 6.69. The molecule has 35 heavy (non-hydrogen) atoms. The van der Waals surface area contributed by atoms with Gasteiger partial charge in [0, 0.05) is 11.9 Å². The number of aromatic nitrogens is 1. The van der Waals surface area contributed by atoms with Gasteiger partial charge < -0.3 is 14.4 Å². The lowest BCUT2D eigenvalue weighted by Crippen LogP contribution is -2.03. The monoisotopic (exact) mass is 457 g/mol. The number of ether oxygens (including phenoxy) is 1. The van der Waals surface area contributed by atoms with E-state index in [0.717, 1.165) is 27.7 Å². The number of carbonyl (C=O) groups is 1. The molecule has 5 aromatic carbocycles. The maximum absolute atomic E-state index is 12.7. The van der Waals surface area contributed by atoms with E-state index in [1.165, 1.54) is 17.9 Å². The Balaban J connectivity index is 1.69. The van der Waals surface area contributed by atoms with Crippen molar-refractivity contribution >= 4 is 38.5 Å². The van der Waals surface area contributed by atoms with E-state index in [2.05, 4.69) is 41.0 Å². The van der Waals surface area contributed by atoms with Crippen LogP contribution < -0.4 is 0 Å². The van der Waals surface area contributed by atoms with Crippen LogP contribution in [0.4, 0.5) is 0 Å². The number of nitrogens with zero attached hydrogens (tertiary/aromatic N) is 1. The maximum atomic E-state index is 12.7. The lowest BCUT2D eigenvalue weighted by molar-refractivity contribution is 0.0603. The SMILES string of the molecule is COC(=O)c1cccc2c1c1c(O)cc(-c3ccccc3)cc1n2Cc1cccc2ccccc12. The smallest absolute Gasteiger partial charge is 0.338 e. The molecule has 6 rings (SSSR count). The van der Waals surface area contributed by atoms with E-state index in [1.54, 1.807) is 12.1 Å². The number of hydrogen-bond donors (Lipinski definition) is 1. The number of fused-ring (bicyclic) bond motifs is 4. The van der Waals surface area contributed by atoms with Gasteiger partial charge in [0.15, 0.2) is 0 Å². The number of carbonyl (C=O) groups excluding carboxylic acids is 1. The summed E-state index contributed by atoms with van der Waals surface area (Å²) >= 11 is 0. The third kappa shape index (κ3) is 3.42. The number of phenolic OH excluding ortho intramolecular Hbond substituents is 1. The van der Waals surface area contributed by atoms with Crippen molar-refractivity contribution in [3.05, 3.63) is 114 Å². The largest absolute Gasteiger partial charge is 0.507 e. The molecule has 1 aromatic heterocycles. The third-order valence-electron chi connectivity index (χ3n) is 6.69. The molecule has 0 aliphatic carbocycles. The first kappa shape index (κ1) is 21.0. The molecule has 0 aliphatic rings. The fourth-order valence-electron chi connectivity index (χ4n) is 5.09. The fraction of sp³-hybridized carbons (Fsp3) is 0.0645. The Labute approximate surface area is 202 Å². The molecule has 0 amide bonds. The summed E-state index contributed by atoms with van der Waals surface area (Å²) < 4.78 is 7.27. The summed E-state index contributed by atoms with van der Waals surface area (Å²) in [7, 11) is 1.38. The highest BCUT2D eigenvalue weighted by atomic mass is 16.5. The fourth-order valence-corrected chi connectivity index (χ4v) is 5.09. The van der Waals surface area contributed by atoms with Crippen LogP contribution in [0.5, 0.6) is 5.75 Å². The summed E-state index contributed by atoms with van der Waals surface area (Å²) in [6, 6.07) is 34.1. The van der Waals surface area contributed by atoms with Gasteiger partial charge >= 0.3 is 5.97 Å². The second kappa shape index (κ2) is 8.33. The van der Waals surface area contributed by atoms with Crippen LogP contribution in [0.2, 0.25) is 0 Å². The van der Waals surface area contributed by atoms with Gasteiger partial charge in [0.25, 0.3) is 0 Å². The zero-order chi connectivity index (χ0) is 23.9. The molecular formula is C31H23NO3. The van der Waals surface area contributed by atoms with Gasteiger partial charge in [0.1, 0.15) is 5.75 Å². The van der Waals surface area contributed by atoms with Crippen molar-refractivity contribution < 1.29 is 14.6 Å². The second-order valence-corrected chi connectivity index (χ2v) is 8.67. The molecule has 0 spiro atoms. The van der Waals surface area contributed by atoms with Crippen molar-refractivity contribution in [2.75, 3.05) is 7.11 Å². The van der Waals surface area contributed by atoms with Crippen molar-refractivity contribution in [1.29, 1.82) is 0 Å². The van der Waals surface area contributed by atoms with E-state index in [0.29, 0.717) is 22.9 Å². The van der Waals surface area contributed by atoms with Gasteiger partial charge in [0.2, 0.25) is 0 Å². The van der Waals surface area contributed by atoms with Gasteiger partial charge in [-0.1, -0.05) is 78.9 Å². The highest BCUT2D eigenvalue weighted by molar-refractivity contribution is 6.19. The van der Waals surface area contributed by atoms with Crippen molar-refractivity contribution in [2.45, 2.75) is 6.54 Å². The van der Waals surface area contributed by atoms with Crippen LogP contribution in [0.15, 0.2) is 103 Å². The van der Waals surface area contributed by atoms with Crippen LogP contribution >= 0.6 is 0 Å². The average molecular weight is 458 g/mol. The number of rotatable bonds is 4. The molecule has 0 atom stereocenters. The molecule has 0 unspecified atom stereocenters. The molecule has 4 heteroatoms. The van der Waals surface area contributed by atoms with Crippen LogP contribution in [0.1, 0.15) is 15.9 Å². The van der Waals surface area contributed by atoms with Gasteiger partial charge in [-0.15, -0.1) is 0 Å². The number of aromatic hydroxyl groups is 1. The molecule has 0 aliphatic heterocycles. The topological polar surface area (TPSA) is 51.5 Å². The van der Waals surface area contributed by atoms with Crippen molar-refractivity contribution in [2.24, 2.45) is 0 Å². The average Bonchev–Trinajstić information content (AvgIpc) is 3.23. The van der Waals surface area contributed by atoms with Gasteiger partial charge in [-0.25, -0.2) is 4.79 Å². The van der Waals surface area contributed by atoms with E-state index in [-0.39, 0.29) is 5.75 Å². The molecular weight excluding hydrogens is 434 g/mol.